The summed E-state index contributed by atoms with van der Waals surface area (Å²) in [5, 5.41) is 2.50. The molecule has 1 saturated heterocycles. The molecule has 1 aliphatic heterocycles. The Balaban J connectivity index is 0.000000161. The number of hydrogen-bond donors (Lipinski definition) is 0. The van der Waals surface area contributed by atoms with Crippen LogP contribution in [0.4, 0.5) is 0 Å². The summed E-state index contributed by atoms with van der Waals surface area (Å²) in [7, 11) is 0. The van der Waals surface area contributed by atoms with Crippen molar-refractivity contribution in [3.8, 4) is 0 Å². The number of rotatable bonds is 4. The quantitative estimate of drug-likeness (QED) is 0.457. The third-order valence-electron chi connectivity index (χ3n) is 4.44. The maximum atomic E-state index is 12.1. The van der Waals surface area contributed by atoms with Crippen LogP contribution in [-0.2, 0) is 4.74 Å². The van der Waals surface area contributed by atoms with Crippen LogP contribution in [-0.4, -0.2) is 28.8 Å². The number of benzene rings is 2. The minimum atomic E-state index is 0.139. The fraction of sp³-hybridized carbons (Fsp3) is 0.409. The molecule has 5 heteroatoms. The zero-order valence-electron chi connectivity index (χ0n) is 15.9. The zero-order valence-corrected chi connectivity index (χ0v) is 18.3. The van der Waals surface area contributed by atoms with E-state index in [1.807, 2.05) is 60.3 Å². The van der Waals surface area contributed by atoms with E-state index in [4.69, 9.17) is 4.74 Å². The molecular weight excluding hydrogens is 392 g/mol. The maximum Gasteiger partial charge on any atom is 0.195 e. The summed E-state index contributed by atoms with van der Waals surface area (Å²) >= 11 is 5.70. The monoisotopic (exact) mass is 418 g/mol. The first-order valence-corrected chi connectivity index (χ1v) is 12.4. The van der Waals surface area contributed by atoms with Gasteiger partial charge in [0.2, 0.25) is 0 Å². The first-order chi connectivity index (χ1) is 13.2. The molecule has 0 N–H and O–H groups in total. The second-order valence-corrected chi connectivity index (χ2v) is 10.4. The lowest BCUT2D eigenvalue weighted by molar-refractivity contribution is 0.0760. The second-order valence-electron chi connectivity index (χ2n) is 6.28. The van der Waals surface area contributed by atoms with Crippen LogP contribution in [0, 0.1) is 0 Å². The Labute approximate surface area is 173 Å². The van der Waals surface area contributed by atoms with Gasteiger partial charge >= 0.3 is 0 Å². The van der Waals surface area contributed by atoms with Crippen LogP contribution in [0.25, 0.3) is 20.2 Å². The molecule has 0 amide bonds. The summed E-state index contributed by atoms with van der Waals surface area (Å²) in [4.78, 5) is 12.1. The van der Waals surface area contributed by atoms with E-state index in [2.05, 4.69) is 25.6 Å². The second kappa shape index (κ2) is 10.5. The Morgan fingerprint density at radius 2 is 1.56 bits per heavy atom. The number of thioether (sulfide) groups is 2. The lowest BCUT2D eigenvalue weighted by atomic mass is 10.2. The molecule has 2 heterocycles. The van der Waals surface area contributed by atoms with Gasteiger partial charge in [0.1, 0.15) is 5.44 Å². The van der Waals surface area contributed by atoms with E-state index in [1.54, 1.807) is 11.3 Å². The van der Waals surface area contributed by atoms with Gasteiger partial charge in [0.25, 0.3) is 0 Å². The molecule has 0 radical (unpaired) electrons. The normalized spacial score (nSPS) is 19.6. The third-order valence-corrected chi connectivity index (χ3v) is 7.86. The molecule has 2 nitrogen and oxygen atoms in total. The fourth-order valence-electron chi connectivity index (χ4n) is 3.17. The van der Waals surface area contributed by atoms with Gasteiger partial charge in [0.15, 0.2) is 5.43 Å². The molecule has 1 aromatic heterocycles. The van der Waals surface area contributed by atoms with Gasteiger partial charge in [-0.1, -0.05) is 38.1 Å². The van der Waals surface area contributed by atoms with E-state index in [0.717, 1.165) is 32.0 Å². The standard InChI is InChI=1S/C13H8OS.C9H18OS2/c14-13-9-5-1-3-7-11(9)15-12-8-4-2-6-10(12)13;1-3-11-8-5-6-10-9(7-8)12-4-2/h1-8H;8-9H,3-7H2,1-2H3. The molecule has 4 rings (SSSR count). The van der Waals surface area contributed by atoms with Crippen molar-refractivity contribution in [2.24, 2.45) is 0 Å². The van der Waals surface area contributed by atoms with E-state index in [0.29, 0.717) is 5.44 Å². The van der Waals surface area contributed by atoms with Crippen molar-refractivity contribution < 1.29 is 4.74 Å². The number of fused-ring (bicyclic) bond motifs is 2. The van der Waals surface area contributed by atoms with Crippen molar-refractivity contribution in [3.63, 3.8) is 0 Å². The molecule has 2 atom stereocenters. The minimum Gasteiger partial charge on any atom is -0.368 e. The molecule has 0 bridgehead atoms. The maximum absolute atomic E-state index is 12.1. The Kier molecular flexibility index (Phi) is 8.07. The topological polar surface area (TPSA) is 26.3 Å². The predicted molar refractivity (Wildman–Crippen MR) is 125 cm³/mol. The molecule has 1 aliphatic rings. The Morgan fingerprint density at radius 1 is 0.963 bits per heavy atom. The average Bonchev–Trinajstić information content (AvgIpc) is 2.70. The van der Waals surface area contributed by atoms with Crippen molar-refractivity contribution >= 4 is 55.0 Å². The van der Waals surface area contributed by atoms with Crippen LogP contribution in [0.1, 0.15) is 26.7 Å². The Morgan fingerprint density at radius 3 is 2.15 bits per heavy atom. The van der Waals surface area contributed by atoms with E-state index in [-0.39, 0.29) is 5.43 Å². The van der Waals surface area contributed by atoms with Gasteiger partial charge in [-0.25, -0.2) is 0 Å². The predicted octanol–water partition coefficient (Wildman–Crippen LogP) is 6.41. The highest BCUT2D eigenvalue weighted by Gasteiger charge is 2.21. The average molecular weight is 419 g/mol. The molecule has 0 spiro atoms. The highest BCUT2D eigenvalue weighted by Crippen LogP contribution is 2.30. The Bertz CT molecular complexity index is 849. The minimum absolute atomic E-state index is 0.139. The van der Waals surface area contributed by atoms with Gasteiger partial charge in [-0.2, -0.15) is 11.8 Å². The van der Waals surface area contributed by atoms with E-state index in [9.17, 15) is 4.79 Å². The number of ether oxygens (including phenoxy) is 1. The van der Waals surface area contributed by atoms with Gasteiger partial charge in [-0.3, -0.25) is 4.79 Å². The van der Waals surface area contributed by atoms with Crippen molar-refractivity contribution in [2.75, 3.05) is 18.1 Å². The van der Waals surface area contributed by atoms with Crippen LogP contribution in [0.5, 0.6) is 0 Å². The highest BCUT2D eigenvalue weighted by atomic mass is 32.2. The van der Waals surface area contributed by atoms with E-state index >= 15 is 0 Å². The molecule has 1 fully saturated rings. The SMILES string of the molecule is CCSC1CCOC(SCC)C1.O=c1c2ccccc2sc2ccccc12. The summed E-state index contributed by atoms with van der Waals surface area (Å²) in [6.07, 6.45) is 2.50. The number of hydrogen-bond acceptors (Lipinski definition) is 5. The molecule has 2 unspecified atom stereocenters. The molecule has 27 heavy (non-hydrogen) atoms. The summed E-state index contributed by atoms with van der Waals surface area (Å²) in [5.41, 5.74) is 0.618. The van der Waals surface area contributed by atoms with Crippen molar-refractivity contribution in [1.82, 2.24) is 0 Å². The van der Waals surface area contributed by atoms with Gasteiger partial charge in [-0.05, 0) is 48.6 Å². The smallest absolute Gasteiger partial charge is 0.195 e. The van der Waals surface area contributed by atoms with Crippen LogP contribution >= 0.6 is 34.9 Å². The largest absolute Gasteiger partial charge is 0.368 e. The van der Waals surface area contributed by atoms with Crippen molar-refractivity contribution in [1.29, 1.82) is 0 Å². The lowest BCUT2D eigenvalue weighted by Gasteiger charge is -2.28. The highest BCUT2D eigenvalue weighted by molar-refractivity contribution is 8.00. The summed E-state index contributed by atoms with van der Waals surface area (Å²) in [6.45, 7) is 5.40. The van der Waals surface area contributed by atoms with Crippen LogP contribution in [0.15, 0.2) is 53.3 Å². The summed E-state index contributed by atoms with van der Waals surface area (Å²) in [5.74, 6) is 2.42. The van der Waals surface area contributed by atoms with Gasteiger partial charge in [0, 0.05) is 32.0 Å². The molecule has 2 aromatic carbocycles. The third kappa shape index (κ3) is 5.50. The van der Waals surface area contributed by atoms with Crippen LogP contribution in [0.3, 0.4) is 0 Å². The summed E-state index contributed by atoms with van der Waals surface area (Å²) < 4.78 is 7.76. The van der Waals surface area contributed by atoms with Gasteiger partial charge in [-0.15, -0.1) is 23.1 Å². The lowest BCUT2D eigenvalue weighted by Crippen LogP contribution is -2.25. The molecule has 0 saturated carbocycles. The molecule has 3 aromatic rings. The fourth-order valence-corrected chi connectivity index (χ4v) is 6.34. The molecule has 0 aliphatic carbocycles. The van der Waals surface area contributed by atoms with E-state index in [1.165, 1.54) is 24.3 Å². The zero-order chi connectivity index (χ0) is 19.1. The van der Waals surface area contributed by atoms with Gasteiger partial charge < -0.3 is 4.74 Å². The molecule has 144 valence electrons. The Hall–Kier alpha value is -1.01. The first kappa shape index (κ1) is 20.7. The van der Waals surface area contributed by atoms with Crippen molar-refractivity contribution in [2.45, 2.75) is 37.4 Å². The van der Waals surface area contributed by atoms with Crippen LogP contribution < -0.4 is 5.43 Å². The first-order valence-electron chi connectivity index (χ1n) is 9.48. The van der Waals surface area contributed by atoms with E-state index < -0.39 is 0 Å². The van der Waals surface area contributed by atoms with Gasteiger partial charge in [0.05, 0.1) is 0 Å². The van der Waals surface area contributed by atoms with Crippen molar-refractivity contribution in [3.05, 3.63) is 58.8 Å². The molecular formula is C22H26O2S3. The van der Waals surface area contributed by atoms with Crippen LogP contribution in [0.2, 0.25) is 0 Å². The summed E-state index contributed by atoms with van der Waals surface area (Å²) in [6, 6.07) is 15.5.